The largest absolute Gasteiger partial charge is 0.396 e. The van der Waals surface area contributed by atoms with E-state index in [9.17, 15) is 5.11 Å². The minimum absolute atomic E-state index is 0.292. The minimum Gasteiger partial charge on any atom is -0.396 e. The van der Waals surface area contributed by atoms with Crippen LogP contribution in [0.4, 0.5) is 0 Å². The van der Waals surface area contributed by atoms with E-state index in [2.05, 4.69) is 67.6 Å². The zero-order valence-electron chi connectivity index (χ0n) is 13.0. The third-order valence-electron chi connectivity index (χ3n) is 4.37. The molecule has 0 aliphatic heterocycles. The van der Waals surface area contributed by atoms with Gasteiger partial charge in [-0.15, -0.1) is 0 Å². The zero-order valence-corrected chi connectivity index (χ0v) is 14.0. The van der Waals surface area contributed by atoms with Crippen molar-refractivity contribution >= 4 is 18.4 Å². The number of aliphatic hydroxyl groups is 1. The first-order valence-corrected chi connectivity index (χ1v) is 10.5. The molecule has 21 heavy (non-hydrogen) atoms. The molecule has 0 saturated carbocycles. The maximum atomic E-state index is 9.37. The van der Waals surface area contributed by atoms with Crippen LogP contribution in [-0.2, 0) is 0 Å². The molecule has 0 atom stereocenters. The van der Waals surface area contributed by atoms with E-state index in [4.69, 9.17) is 0 Å². The lowest BCUT2D eigenvalue weighted by atomic mass is 10.3. The molecular weight excluding hydrogens is 272 g/mol. The minimum atomic E-state index is -1.75. The van der Waals surface area contributed by atoms with Gasteiger partial charge in [0.05, 0.1) is 0 Å². The topological polar surface area (TPSA) is 20.2 Å². The fourth-order valence-corrected chi connectivity index (χ4v) is 8.36. The van der Waals surface area contributed by atoms with Crippen LogP contribution in [0.1, 0.15) is 26.2 Å². The van der Waals surface area contributed by atoms with Crippen molar-refractivity contribution in [2.45, 2.75) is 38.3 Å². The first-order valence-electron chi connectivity index (χ1n) is 8.05. The highest BCUT2D eigenvalue weighted by molar-refractivity contribution is 7.02. The molecule has 2 aromatic carbocycles. The predicted octanol–water partition coefficient (Wildman–Crippen LogP) is 3.43. The Hall–Kier alpha value is -1.38. The molecule has 112 valence electrons. The van der Waals surface area contributed by atoms with Crippen molar-refractivity contribution in [3.8, 4) is 0 Å². The Kier molecular flexibility index (Phi) is 6.21. The molecule has 2 heteroatoms. The van der Waals surface area contributed by atoms with Crippen LogP contribution in [0.5, 0.6) is 0 Å². The van der Waals surface area contributed by atoms with Gasteiger partial charge in [-0.25, -0.2) is 0 Å². The predicted molar refractivity (Wildman–Crippen MR) is 94.1 cm³/mol. The molecule has 1 N–H and O–H groups in total. The number of rotatable bonds is 8. The van der Waals surface area contributed by atoms with Crippen molar-refractivity contribution in [2.75, 3.05) is 6.61 Å². The monoisotopic (exact) mass is 298 g/mol. The van der Waals surface area contributed by atoms with Crippen LogP contribution in [0, 0.1) is 0 Å². The summed E-state index contributed by atoms with van der Waals surface area (Å²) in [5.41, 5.74) is 0. The van der Waals surface area contributed by atoms with Crippen LogP contribution in [0.2, 0.25) is 12.1 Å². The molecule has 0 aliphatic carbocycles. The molecule has 0 spiro atoms. The summed E-state index contributed by atoms with van der Waals surface area (Å²) in [4.78, 5) is 0. The van der Waals surface area contributed by atoms with Gasteiger partial charge >= 0.3 is 0 Å². The average molecular weight is 299 g/mol. The van der Waals surface area contributed by atoms with Crippen molar-refractivity contribution in [1.82, 2.24) is 0 Å². The van der Waals surface area contributed by atoms with E-state index >= 15 is 0 Å². The Morgan fingerprint density at radius 3 is 1.67 bits per heavy atom. The first-order chi connectivity index (χ1) is 10.3. The van der Waals surface area contributed by atoms with Crippen molar-refractivity contribution in [1.29, 1.82) is 0 Å². The van der Waals surface area contributed by atoms with Gasteiger partial charge in [0.1, 0.15) is 8.07 Å². The van der Waals surface area contributed by atoms with Crippen molar-refractivity contribution in [2.24, 2.45) is 0 Å². The maximum absolute atomic E-state index is 9.37. The second-order valence-corrected chi connectivity index (χ2v) is 10.1. The molecule has 2 aromatic rings. The Morgan fingerprint density at radius 2 is 1.24 bits per heavy atom. The third kappa shape index (κ3) is 3.83. The van der Waals surface area contributed by atoms with Crippen LogP contribution >= 0.6 is 0 Å². The first kappa shape index (κ1) is 16.0. The molecule has 0 fully saturated rings. The summed E-state index contributed by atoms with van der Waals surface area (Å²) in [7, 11) is -1.75. The number of benzene rings is 2. The maximum Gasteiger partial charge on any atom is 0.118 e. The second kappa shape index (κ2) is 8.16. The molecule has 0 radical (unpaired) electrons. The summed E-state index contributed by atoms with van der Waals surface area (Å²) in [6.07, 6.45) is 3.40. The lowest BCUT2D eigenvalue weighted by molar-refractivity contribution is 0.294. The van der Waals surface area contributed by atoms with Gasteiger partial charge in [-0.05, 0) is 18.5 Å². The summed E-state index contributed by atoms with van der Waals surface area (Å²) in [5.74, 6) is 0. The number of hydrogen-bond acceptors (Lipinski definition) is 1. The molecule has 0 aliphatic rings. The smallest absolute Gasteiger partial charge is 0.118 e. The summed E-state index contributed by atoms with van der Waals surface area (Å²) in [6, 6.07) is 24.4. The van der Waals surface area contributed by atoms with Crippen molar-refractivity contribution < 1.29 is 5.11 Å². The van der Waals surface area contributed by atoms with Gasteiger partial charge < -0.3 is 5.11 Å². The van der Waals surface area contributed by atoms with Crippen molar-refractivity contribution in [3.63, 3.8) is 0 Å². The van der Waals surface area contributed by atoms with E-state index in [1.807, 2.05) is 0 Å². The molecule has 1 nitrogen and oxygen atoms in total. The standard InChI is InChI=1S/C19H26OSi/c1-2-3-16-21(17-10-15-20,18-11-6-4-7-12-18)19-13-8-5-9-14-19/h4-9,11-14,20H,2-3,10,15-17H2,1H3. The molecule has 0 amide bonds. The van der Waals surface area contributed by atoms with Gasteiger partial charge in [-0.3, -0.25) is 0 Å². The third-order valence-corrected chi connectivity index (χ3v) is 9.66. The lowest BCUT2D eigenvalue weighted by Crippen LogP contribution is -2.58. The van der Waals surface area contributed by atoms with E-state index in [1.54, 1.807) is 0 Å². The lowest BCUT2D eigenvalue weighted by Gasteiger charge is -2.33. The van der Waals surface area contributed by atoms with Crippen molar-refractivity contribution in [3.05, 3.63) is 60.7 Å². The molecule has 0 unspecified atom stereocenters. The second-order valence-electron chi connectivity index (χ2n) is 5.74. The van der Waals surface area contributed by atoms with Crippen LogP contribution in [-0.4, -0.2) is 19.8 Å². The normalized spacial score (nSPS) is 11.5. The SMILES string of the molecule is CCCC[Si](CCCO)(c1ccccc1)c1ccccc1. The molecule has 0 aromatic heterocycles. The van der Waals surface area contributed by atoms with E-state index < -0.39 is 8.07 Å². The highest BCUT2D eigenvalue weighted by atomic mass is 28.3. The molecule has 0 saturated heterocycles. The Morgan fingerprint density at radius 1 is 0.762 bits per heavy atom. The highest BCUT2D eigenvalue weighted by Gasteiger charge is 2.35. The quantitative estimate of drug-likeness (QED) is 0.740. The van der Waals surface area contributed by atoms with Gasteiger partial charge in [0.25, 0.3) is 0 Å². The fourth-order valence-electron chi connectivity index (χ4n) is 3.24. The van der Waals surface area contributed by atoms with E-state index in [1.165, 1.54) is 29.3 Å². The number of unbranched alkanes of at least 4 members (excludes halogenated alkanes) is 1. The van der Waals surface area contributed by atoms with Gasteiger partial charge in [0.15, 0.2) is 0 Å². The van der Waals surface area contributed by atoms with Gasteiger partial charge in [0.2, 0.25) is 0 Å². The molecule has 0 bridgehead atoms. The van der Waals surface area contributed by atoms with E-state index in [0.29, 0.717) is 6.61 Å². The average Bonchev–Trinajstić information content (AvgIpc) is 2.57. The van der Waals surface area contributed by atoms with Gasteiger partial charge in [0, 0.05) is 6.61 Å². The van der Waals surface area contributed by atoms with E-state index in [0.717, 1.165) is 12.5 Å². The van der Waals surface area contributed by atoms with Gasteiger partial charge in [-0.1, -0.05) is 90.8 Å². The molecular formula is C19H26OSi. The fraction of sp³-hybridized carbons (Fsp3) is 0.368. The Bertz CT molecular complexity index is 460. The van der Waals surface area contributed by atoms with Crippen LogP contribution < -0.4 is 10.4 Å². The van der Waals surface area contributed by atoms with E-state index in [-0.39, 0.29) is 0 Å². The summed E-state index contributed by atoms with van der Waals surface area (Å²) >= 11 is 0. The summed E-state index contributed by atoms with van der Waals surface area (Å²) < 4.78 is 0. The zero-order chi connectivity index (χ0) is 15.0. The highest BCUT2D eigenvalue weighted by Crippen LogP contribution is 2.21. The Balaban J connectivity index is 2.48. The van der Waals surface area contributed by atoms with Crippen LogP contribution in [0.25, 0.3) is 0 Å². The summed E-state index contributed by atoms with van der Waals surface area (Å²) in [6.45, 7) is 2.56. The molecule has 0 heterocycles. The number of aliphatic hydroxyl groups excluding tert-OH is 1. The summed E-state index contributed by atoms with van der Waals surface area (Å²) in [5, 5.41) is 12.4. The van der Waals surface area contributed by atoms with Crippen LogP contribution in [0.15, 0.2) is 60.7 Å². The van der Waals surface area contributed by atoms with Gasteiger partial charge in [-0.2, -0.15) is 0 Å². The molecule has 2 rings (SSSR count). The van der Waals surface area contributed by atoms with Crippen LogP contribution in [0.3, 0.4) is 0 Å². The number of hydrogen-bond donors (Lipinski definition) is 1. The Labute approximate surface area is 129 Å².